The van der Waals surface area contributed by atoms with Gasteiger partial charge < -0.3 is 14.9 Å². The van der Waals surface area contributed by atoms with E-state index in [2.05, 4.69) is 0 Å². The van der Waals surface area contributed by atoms with Crippen LogP contribution in [0.15, 0.2) is 41.0 Å². The molecule has 0 aliphatic heterocycles. The van der Waals surface area contributed by atoms with Crippen LogP contribution in [0.25, 0.3) is 21.4 Å². The van der Waals surface area contributed by atoms with Crippen LogP contribution in [-0.4, -0.2) is 12.6 Å². The van der Waals surface area contributed by atoms with Gasteiger partial charge in [-0.25, -0.2) is 4.79 Å². The Morgan fingerprint density at radius 2 is 2.20 bits per heavy atom. The van der Waals surface area contributed by atoms with Crippen LogP contribution in [0.1, 0.15) is 16.6 Å². The Balaban J connectivity index is 2.07. The molecule has 0 amide bonds. The average Bonchev–Trinajstić information content (AvgIpc) is 3.02. The highest BCUT2D eigenvalue weighted by atomic mass is 32.1. The van der Waals surface area contributed by atoms with E-state index < -0.39 is 0 Å². The Morgan fingerprint density at radius 3 is 3.00 bits per heavy atom. The van der Waals surface area contributed by atoms with E-state index in [1.807, 2.05) is 24.3 Å². The van der Waals surface area contributed by atoms with E-state index in [-0.39, 0.29) is 5.97 Å². The fourth-order valence-electron chi connectivity index (χ4n) is 2.06. The van der Waals surface area contributed by atoms with Crippen molar-refractivity contribution in [1.29, 1.82) is 0 Å². The Kier molecular flexibility index (Phi) is 3.20. The lowest BCUT2D eigenvalue weighted by Crippen LogP contribution is -2.04. The van der Waals surface area contributed by atoms with Gasteiger partial charge in [0.05, 0.1) is 12.3 Å². The van der Waals surface area contributed by atoms with E-state index in [1.165, 1.54) is 11.3 Å². The van der Waals surface area contributed by atoms with Crippen LogP contribution in [0.3, 0.4) is 0 Å². The minimum Gasteiger partial charge on any atom is -0.464 e. The number of ether oxygens (including phenoxy) is 1. The van der Waals surface area contributed by atoms with E-state index in [1.54, 1.807) is 19.3 Å². The van der Waals surface area contributed by atoms with Crippen molar-refractivity contribution in [3.05, 3.63) is 41.5 Å². The van der Waals surface area contributed by atoms with Crippen molar-refractivity contribution >= 4 is 34.0 Å². The van der Waals surface area contributed by atoms with Crippen molar-refractivity contribution in [2.45, 2.75) is 6.92 Å². The molecule has 102 valence electrons. The lowest BCUT2D eigenvalue weighted by molar-refractivity contribution is 0.0533. The zero-order valence-electron chi connectivity index (χ0n) is 10.9. The number of anilines is 1. The number of carbonyl (C=O) groups excluding carboxylic acids is 1. The first-order chi connectivity index (χ1) is 9.70. The summed E-state index contributed by atoms with van der Waals surface area (Å²) in [5, 5.41) is 1.00. The maximum absolute atomic E-state index is 11.8. The monoisotopic (exact) mass is 287 g/mol. The van der Waals surface area contributed by atoms with E-state index >= 15 is 0 Å². The predicted octanol–water partition coefficient (Wildman–Crippen LogP) is 3.92. The van der Waals surface area contributed by atoms with Gasteiger partial charge in [0.25, 0.3) is 0 Å². The fraction of sp³-hybridized carbons (Fsp3) is 0.133. The largest absolute Gasteiger partial charge is 0.464 e. The standard InChI is InChI=1S/C15H13NO3S/c1-2-18-15(17)14-11(16)7-13(20-14)10-8-19-12-6-4-3-5-9(10)12/h3-8H,2,16H2,1H3. The summed E-state index contributed by atoms with van der Waals surface area (Å²) in [5.74, 6) is -0.381. The first-order valence-electron chi connectivity index (χ1n) is 6.23. The Labute approximate surface area is 119 Å². The number of furan rings is 1. The van der Waals surface area contributed by atoms with Gasteiger partial charge in [0, 0.05) is 15.8 Å². The van der Waals surface area contributed by atoms with Gasteiger partial charge in [0.1, 0.15) is 16.7 Å². The van der Waals surface area contributed by atoms with Crippen LogP contribution >= 0.6 is 11.3 Å². The molecule has 0 fully saturated rings. The summed E-state index contributed by atoms with van der Waals surface area (Å²) in [7, 11) is 0. The number of nitrogen functional groups attached to an aromatic ring is 1. The zero-order chi connectivity index (χ0) is 14.1. The molecule has 0 radical (unpaired) electrons. The van der Waals surface area contributed by atoms with Gasteiger partial charge in [-0.05, 0) is 19.1 Å². The molecule has 0 saturated carbocycles. The molecule has 5 heteroatoms. The first-order valence-corrected chi connectivity index (χ1v) is 7.05. The number of carbonyl (C=O) groups is 1. The highest BCUT2D eigenvalue weighted by molar-refractivity contribution is 7.18. The molecule has 0 atom stereocenters. The number of benzene rings is 1. The molecule has 3 rings (SSSR count). The third-order valence-electron chi connectivity index (χ3n) is 2.97. The van der Waals surface area contributed by atoms with E-state index in [0.29, 0.717) is 17.2 Å². The number of thiophene rings is 1. The van der Waals surface area contributed by atoms with Gasteiger partial charge in [-0.3, -0.25) is 0 Å². The molecule has 0 saturated heterocycles. The lowest BCUT2D eigenvalue weighted by atomic mass is 10.1. The molecule has 3 aromatic rings. The normalized spacial score (nSPS) is 10.8. The first kappa shape index (κ1) is 12.7. The summed E-state index contributed by atoms with van der Waals surface area (Å²) in [6, 6.07) is 9.54. The minimum absolute atomic E-state index is 0.333. The van der Waals surface area contributed by atoms with Crippen LogP contribution < -0.4 is 5.73 Å². The number of para-hydroxylation sites is 1. The van der Waals surface area contributed by atoms with Gasteiger partial charge >= 0.3 is 5.97 Å². The number of rotatable bonds is 3. The highest BCUT2D eigenvalue weighted by Gasteiger charge is 2.18. The summed E-state index contributed by atoms with van der Waals surface area (Å²) in [5.41, 5.74) is 8.09. The number of hydrogen-bond donors (Lipinski definition) is 1. The maximum atomic E-state index is 11.8. The van der Waals surface area contributed by atoms with Gasteiger partial charge in [-0.1, -0.05) is 18.2 Å². The van der Waals surface area contributed by atoms with Crippen molar-refractivity contribution in [2.75, 3.05) is 12.3 Å². The van der Waals surface area contributed by atoms with Gasteiger partial charge in [-0.2, -0.15) is 0 Å². The SMILES string of the molecule is CCOC(=O)c1sc(-c2coc3ccccc23)cc1N. The average molecular weight is 287 g/mol. The van der Waals surface area contributed by atoms with Crippen molar-refractivity contribution in [2.24, 2.45) is 0 Å². The molecule has 0 aliphatic carbocycles. The number of hydrogen-bond acceptors (Lipinski definition) is 5. The molecule has 1 aromatic carbocycles. The molecule has 2 aromatic heterocycles. The Morgan fingerprint density at radius 1 is 1.40 bits per heavy atom. The number of esters is 1. The van der Waals surface area contributed by atoms with Crippen molar-refractivity contribution in [3.8, 4) is 10.4 Å². The van der Waals surface area contributed by atoms with Crippen LogP contribution in [0.5, 0.6) is 0 Å². The van der Waals surface area contributed by atoms with E-state index in [9.17, 15) is 4.79 Å². The molecular weight excluding hydrogens is 274 g/mol. The summed E-state index contributed by atoms with van der Waals surface area (Å²) in [6.07, 6.45) is 1.69. The topological polar surface area (TPSA) is 65.5 Å². The Bertz CT molecular complexity index is 772. The van der Waals surface area contributed by atoms with E-state index in [0.717, 1.165) is 21.4 Å². The molecule has 0 unspecified atom stereocenters. The summed E-state index contributed by atoms with van der Waals surface area (Å²) < 4.78 is 10.5. The molecule has 2 heterocycles. The quantitative estimate of drug-likeness (QED) is 0.741. The van der Waals surface area contributed by atoms with Crippen LogP contribution in [0, 0.1) is 0 Å². The fourth-order valence-corrected chi connectivity index (χ4v) is 3.06. The zero-order valence-corrected chi connectivity index (χ0v) is 11.7. The molecular formula is C15H13NO3S. The third kappa shape index (κ3) is 2.06. The maximum Gasteiger partial charge on any atom is 0.350 e. The van der Waals surface area contributed by atoms with Crippen LogP contribution in [0.2, 0.25) is 0 Å². The second-order valence-corrected chi connectivity index (χ2v) is 5.31. The molecule has 0 aliphatic rings. The molecule has 20 heavy (non-hydrogen) atoms. The third-order valence-corrected chi connectivity index (χ3v) is 4.13. The second-order valence-electron chi connectivity index (χ2n) is 4.26. The number of fused-ring (bicyclic) bond motifs is 1. The second kappa shape index (κ2) is 5.02. The van der Waals surface area contributed by atoms with Crippen molar-refractivity contribution in [3.63, 3.8) is 0 Å². The van der Waals surface area contributed by atoms with E-state index in [4.69, 9.17) is 14.9 Å². The molecule has 0 bridgehead atoms. The lowest BCUT2D eigenvalue weighted by Gasteiger charge is -1.98. The van der Waals surface area contributed by atoms with Crippen LogP contribution in [-0.2, 0) is 4.74 Å². The number of nitrogens with two attached hydrogens (primary N) is 1. The van der Waals surface area contributed by atoms with Crippen LogP contribution in [0.4, 0.5) is 5.69 Å². The van der Waals surface area contributed by atoms with Gasteiger partial charge in [-0.15, -0.1) is 11.3 Å². The summed E-state index contributed by atoms with van der Waals surface area (Å²) in [6.45, 7) is 2.10. The van der Waals surface area contributed by atoms with Crippen molar-refractivity contribution in [1.82, 2.24) is 0 Å². The molecule has 0 spiro atoms. The minimum atomic E-state index is -0.381. The summed E-state index contributed by atoms with van der Waals surface area (Å²) >= 11 is 1.32. The van der Waals surface area contributed by atoms with Gasteiger partial charge in [0.2, 0.25) is 0 Å². The van der Waals surface area contributed by atoms with Gasteiger partial charge in [0.15, 0.2) is 0 Å². The summed E-state index contributed by atoms with van der Waals surface area (Å²) in [4.78, 5) is 13.1. The molecule has 2 N–H and O–H groups in total. The Hall–Kier alpha value is -2.27. The predicted molar refractivity (Wildman–Crippen MR) is 79.9 cm³/mol. The van der Waals surface area contributed by atoms with Crippen molar-refractivity contribution < 1.29 is 13.9 Å². The molecule has 4 nitrogen and oxygen atoms in total. The smallest absolute Gasteiger partial charge is 0.350 e. The highest BCUT2D eigenvalue weighted by Crippen LogP contribution is 2.38.